The van der Waals surface area contributed by atoms with Gasteiger partial charge in [0, 0.05) is 18.2 Å². The van der Waals surface area contributed by atoms with Crippen molar-refractivity contribution in [2.24, 2.45) is 0 Å². The zero-order chi connectivity index (χ0) is 17.5. The van der Waals surface area contributed by atoms with Gasteiger partial charge < -0.3 is 15.2 Å². The van der Waals surface area contributed by atoms with Crippen LogP contribution in [0.15, 0.2) is 23.1 Å². The number of hydrogen-bond acceptors (Lipinski definition) is 5. The van der Waals surface area contributed by atoms with Gasteiger partial charge in [-0.3, -0.25) is 4.79 Å². The van der Waals surface area contributed by atoms with Crippen molar-refractivity contribution in [1.82, 2.24) is 10.0 Å². The number of hydrogen-bond donors (Lipinski definition) is 3. The van der Waals surface area contributed by atoms with Crippen LogP contribution in [0.25, 0.3) is 0 Å². The fourth-order valence-corrected chi connectivity index (χ4v) is 3.37. The Hall–Kier alpha value is -1.35. The Balaban J connectivity index is 2.90. The van der Waals surface area contributed by atoms with Gasteiger partial charge in [0.15, 0.2) is 0 Å². The van der Waals surface area contributed by atoms with Gasteiger partial charge in [-0.15, -0.1) is 0 Å². The molecule has 23 heavy (non-hydrogen) atoms. The first-order valence-corrected chi connectivity index (χ1v) is 9.01. The number of halogens is 1. The first-order valence-electron chi connectivity index (χ1n) is 7.15. The number of benzene rings is 1. The molecule has 0 aliphatic heterocycles. The molecule has 0 aliphatic rings. The summed E-state index contributed by atoms with van der Waals surface area (Å²) in [7, 11) is -3.98. The van der Waals surface area contributed by atoms with E-state index in [1.54, 1.807) is 6.92 Å². The third kappa shape index (κ3) is 5.98. The summed E-state index contributed by atoms with van der Waals surface area (Å²) in [5, 5.41) is 11.4. The second-order valence-corrected chi connectivity index (χ2v) is 6.85. The van der Waals surface area contributed by atoms with Crippen LogP contribution in [0.4, 0.5) is 0 Å². The summed E-state index contributed by atoms with van der Waals surface area (Å²) in [6.45, 7) is 3.66. The summed E-state index contributed by atoms with van der Waals surface area (Å²) in [5.74, 6) is -0.320. The number of rotatable bonds is 9. The zero-order valence-corrected chi connectivity index (χ0v) is 14.6. The molecular formula is C14H21ClN2O5S. The molecule has 1 rings (SSSR count). The minimum absolute atomic E-state index is 0.0549. The molecule has 130 valence electrons. The van der Waals surface area contributed by atoms with E-state index in [9.17, 15) is 13.2 Å². The van der Waals surface area contributed by atoms with Gasteiger partial charge in [-0.1, -0.05) is 11.6 Å². The fourth-order valence-electron chi connectivity index (χ4n) is 1.76. The maximum Gasteiger partial charge on any atom is 0.245 e. The van der Waals surface area contributed by atoms with Crippen molar-refractivity contribution in [3.63, 3.8) is 0 Å². The van der Waals surface area contributed by atoms with E-state index in [0.29, 0.717) is 13.0 Å². The average Bonchev–Trinajstić information content (AvgIpc) is 2.49. The van der Waals surface area contributed by atoms with Gasteiger partial charge in [0.05, 0.1) is 12.6 Å². The normalized spacial score (nSPS) is 12.7. The van der Waals surface area contributed by atoms with Crippen LogP contribution in [0.1, 0.15) is 20.3 Å². The molecule has 9 heteroatoms. The third-order valence-electron chi connectivity index (χ3n) is 2.85. The van der Waals surface area contributed by atoms with Crippen LogP contribution in [0.2, 0.25) is 5.02 Å². The second kappa shape index (κ2) is 9.07. The van der Waals surface area contributed by atoms with Crippen molar-refractivity contribution < 1.29 is 23.1 Å². The predicted molar refractivity (Wildman–Crippen MR) is 87.1 cm³/mol. The lowest BCUT2D eigenvalue weighted by atomic mass is 10.3. The Morgan fingerprint density at radius 3 is 2.74 bits per heavy atom. The van der Waals surface area contributed by atoms with E-state index >= 15 is 0 Å². The Morgan fingerprint density at radius 1 is 1.43 bits per heavy atom. The summed E-state index contributed by atoms with van der Waals surface area (Å²) in [5.41, 5.74) is 0. The van der Waals surface area contributed by atoms with Crippen molar-refractivity contribution >= 4 is 27.5 Å². The molecule has 0 radical (unpaired) electrons. The van der Waals surface area contributed by atoms with Crippen LogP contribution < -0.4 is 14.8 Å². The highest BCUT2D eigenvalue weighted by atomic mass is 35.5. The van der Waals surface area contributed by atoms with Gasteiger partial charge in [-0.25, -0.2) is 8.42 Å². The van der Waals surface area contributed by atoms with Crippen molar-refractivity contribution in [3.8, 4) is 5.75 Å². The molecule has 0 saturated carbocycles. The zero-order valence-electron chi connectivity index (χ0n) is 13.0. The topological polar surface area (TPSA) is 105 Å². The number of amides is 1. The lowest BCUT2D eigenvalue weighted by Gasteiger charge is -2.16. The van der Waals surface area contributed by atoms with Gasteiger partial charge >= 0.3 is 0 Å². The molecule has 0 saturated heterocycles. The highest BCUT2D eigenvalue weighted by Crippen LogP contribution is 2.27. The SMILES string of the molecule is CCOc1ccc(Cl)cc1S(=O)(=O)NC(C)C(=O)NCCCO. The maximum absolute atomic E-state index is 12.5. The second-order valence-electron chi connectivity index (χ2n) is 4.74. The van der Waals surface area contributed by atoms with Crippen molar-refractivity contribution in [2.75, 3.05) is 19.8 Å². The number of sulfonamides is 1. The predicted octanol–water partition coefficient (Wildman–Crippen LogP) is 0.904. The highest BCUT2D eigenvalue weighted by Gasteiger charge is 2.25. The lowest BCUT2D eigenvalue weighted by Crippen LogP contribution is -2.45. The largest absolute Gasteiger partial charge is 0.492 e. The lowest BCUT2D eigenvalue weighted by molar-refractivity contribution is -0.122. The number of carbonyl (C=O) groups is 1. The number of ether oxygens (including phenoxy) is 1. The van der Waals surface area contributed by atoms with Crippen LogP contribution >= 0.6 is 11.6 Å². The molecule has 0 fully saturated rings. The van der Waals surface area contributed by atoms with Crippen molar-refractivity contribution in [2.45, 2.75) is 31.2 Å². The molecule has 0 heterocycles. The van der Waals surface area contributed by atoms with Crippen molar-refractivity contribution in [1.29, 1.82) is 0 Å². The number of nitrogens with one attached hydrogen (secondary N) is 2. The van der Waals surface area contributed by atoms with Gasteiger partial charge in [-0.2, -0.15) is 4.72 Å². The van der Waals surface area contributed by atoms with E-state index < -0.39 is 22.0 Å². The van der Waals surface area contributed by atoms with E-state index in [4.69, 9.17) is 21.4 Å². The Morgan fingerprint density at radius 2 is 2.13 bits per heavy atom. The monoisotopic (exact) mass is 364 g/mol. The molecular weight excluding hydrogens is 344 g/mol. The Kier molecular flexibility index (Phi) is 7.77. The molecule has 1 unspecified atom stereocenters. The smallest absolute Gasteiger partial charge is 0.245 e. The maximum atomic E-state index is 12.5. The molecule has 1 aromatic rings. The summed E-state index contributed by atoms with van der Waals surface area (Å²) in [6.07, 6.45) is 0.397. The van der Waals surface area contributed by atoms with E-state index in [1.807, 2.05) is 0 Å². The molecule has 0 spiro atoms. The fraction of sp³-hybridized carbons (Fsp3) is 0.500. The highest BCUT2D eigenvalue weighted by molar-refractivity contribution is 7.89. The number of aliphatic hydroxyl groups excluding tert-OH is 1. The van der Waals surface area contributed by atoms with Gasteiger partial charge in [0.1, 0.15) is 10.6 Å². The first kappa shape index (κ1) is 19.7. The van der Waals surface area contributed by atoms with Crippen LogP contribution in [-0.2, 0) is 14.8 Å². The molecule has 0 aliphatic carbocycles. The van der Waals surface area contributed by atoms with E-state index in [1.165, 1.54) is 25.1 Å². The summed E-state index contributed by atoms with van der Waals surface area (Å²) < 4.78 is 32.5. The molecule has 7 nitrogen and oxygen atoms in total. The average molecular weight is 365 g/mol. The molecule has 0 bridgehead atoms. The molecule has 1 amide bonds. The number of aliphatic hydroxyl groups is 1. The van der Waals surface area contributed by atoms with Gasteiger partial charge in [0.25, 0.3) is 0 Å². The Labute approximate surface area is 141 Å². The van der Waals surface area contributed by atoms with Gasteiger partial charge in [0.2, 0.25) is 15.9 Å². The van der Waals surface area contributed by atoms with E-state index in [2.05, 4.69) is 10.0 Å². The molecule has 3 N–H and O–H groups in total. The van der Waals surface area contributed by atoms with Crippen molar-refractivity contribution in [3.05, 3.63) is 23.2 Å². The third-order valence-corrected chi connectivity index (χ3v) is 4.65. The summed E-state index contributed by atoms with van der Waals surface area (Å²) >= 11 is 5.86. The van der Waals surface area contributed by atoms with Crippen LogP contribution in [0.5, 0.6) is 5.75 Å². The van der Waals surface area contributed by atoms with E-state index in [-0.39, 0.29) is 28.8 Å². The van der Waals surface area contributed by atoms with E-state index in [0.717, 1.165) is 0 Å². The van der Waals surface area contributed by atoms with Crippen LogP contribution in [0.3, 0.4) is 0 Å². The summed E-state index contributed by atoms with van der Waals surface area (Å²) in [4.78, 5) is 11.7. The quantitative estimate of drug-likeness (QED) is 0.565. The minimum Gasteiger partial charge on any atom is -0.492 e. The van der Waals surface area contributed by atoms with Crippen LogP contribution in [-0.4, -0.2) is 45.2 Å². The molecule has 1 aromatic carbocycles. The van der Waals surface area contributed by atoms with Crippen LogP contribution in [0, 0.1) is 0 Å². The molecule has 1 atom stereocenters. The number of carbonyl (C=O) groups excluding carboxylic acids is 1. The molecule has 0 aromatic heterocycles. The Bertz CT molecular complexity index is 636. The summed E-state index contributed by atoms with van der Waals surface area (Å²) in [6, 6.07) is 3.28. The first-order chi connectivity index (χ1) is 10.8. The standard InChI is InChI=1S/C14H21ClN2O5S/c1-3-22-12-6-5-11(15)9-13(12)23(20,21)17-10(2)14(19)16-7-4-8-18/h5-6,9-10,17-18H,3-4,7-8H2,1-2H3,(H,16,19). The minimum atomic E-state index is -3.98. The van der Waals surface area contributed by atoms with Gasteiger partial charge in [-0.05, 0) is 38.5 Å².